The molecular weight excluding hydrogens is 1320 g/mol. The molecule has 0 atom stereocenters. The first-order valence-electron chi connectivity index (χ1n) is 20.6. The normalized spacial score (nSPS) is 11.7. The molecule has 1 aliphatic carbocycles. The molecule has 0 amide bonds. The summed E-state index contributed by atoms with van der Waals surface area (Å²) in [5.41, 5.74) is 11.3. The van der Waals surface area contributed by atoms with Crippen molar-refractivity contribution in [2.24, 2.45) is 0 Å². The van der Waals surface area contributed by atoms with Crippen LogP contribution < -0.4 is 0 Å². The maximum atomic E-state index is 4.72. The molecule has 3 nitrogen and oxygen atoms in total. The van der Waals surface area contributed by atoms with Crippen LogP contribution in [-0.4, -0.2) is 15.0 Å². The van der Waals surface area contributed by atoms with E-state index in [4.69, 9.17) is 4.98 Å². The molecule has 6 heteroatoms. The Labute approximate surface area is 415 Å². The van der Waals surface area contributed by atoms with Crippen molar-refractivity contribution in [1.29, 1.82) is 0 Å². The maximum Gasteiger partial charge on any atom is 0.0245 e. The summed E-state index contributed by atoms with van der Waals surface area (Å²) in [7, 11) is 0. The van der Waals surface area contributed by atoms with E-state index in [0.717, 1.165) is 44.7 Å². The quantitative estimate of drug-likeness (QED) is 0.166. The van der Waals surface area contributed by atoms with Crippen molar-refractivity contribution in [1.82, 2.24) is 15.0 Å². The first kappa shape index (κ1) is 46.2. The fourth-order valence-electron chi connectivity index (χ4n) is 8.63. The fourth-order valence-corrected chi connectivity index (χ4v) is 8.63. The summed E-state index contributed by atoms with van der Waals surface area (Å²) in [6.07, 6.45) is 5.72. The molecule has 0 N–H and O–H groups in total. The molecule has 0 aliphatic heterocycles. The van der Waals surface area contributed by atoms with E-state index in [1.165, 1.54) is 54.4 Å². The molecule has 1 aliphatic rings. The summed E-state index contributed by atoms with van der Waals surface area (Å²) in [6.45, 7) is 4.56. The average Bonchev–Trinajstić information content (AvgIpc) is 3.33. The number of nitrogens with zero attached hydrogens (tertiary/aromatic N) is 3. The van der Waals surface area contributed by atoms with Gasteiger partial charge in [-0.25, -0.2) is 0 Å². The number of rotatable bonds is 3. The van der Waals surface area contributed by atoms with E-state index in [-0.39, 0.29) is 65.7 Å². The number of benzene rings is 8. The minimum atomic E-state index is 0. The summed E-state index contributed by atoms with van der Waals surface area (Å²) >= 11 is 0. The molecule has 3 radical (unpaired) electrons. The van der Waals surface area contributed by atoms with Crippen molar-refractivity contribution in [3.8, 4) is 44.9 Å². The van der Waals surface area contributed by atoms with Gasteiger partial charge in [0, 0.05) is 84.5 Å². The van der Waals surface area contributed by atoms with Gasteiger partial charge in [0.05, 0.1) is 0 Å². The Bertz CT molecular complexity index is 3260. The number of fused-ring (bicyclic) bond motifs is 5. The minimum Gasteiger partial charge on any atom is -0.304 e. The molecule has 0 unspecified atom stereocenters. The summed E-state index contributed by atoms with van der Waals surface area (Å²) in [6, 6.07) is 74.6. The van der Waals surface area contributed by atoms with Crippen LogP contribution in [0.2, 0.25) is 0 Å². The predicted molar refractivity (Wildman–Crippen MR) is 253 cm³/mol. The minimum absolute atomic E-state index is 0. The Morgan fingerprint density at radius 2 is 1.03 bits per heavy atom. The number of pyridine rings is 3. The van der Waals surface area contributed by atoms with Gasteiger partial charge >= 0.3 is 0 Å². The summed E-state index contributed by atoms with van der Waals surface area (Å²) in [5, 5.41) is 9.72. The van der Waals surface area contributed by atoms with Crippen molar-refractivity contribution >= 4 is 43.1 Å². The predicted octanol–water partition coefficient (Wildman–Crippen LogP) is 14.6. The van der Waals surface area contributed by atoms with Gasteiger partial charge in [-0.05, 0) is 78.1 Å². The SMILES string of the molecule is CC1(C)c2ccc[c-]c2-c2nccc3cccc1c23.[Ir].[Ir].[Ir].[c-]1cc2ccccc2cc1-c1nccc2ccccc12.[c-]1ccccc1-c1ncc(-c2ccccc2)c2ccccc12. The zero-order valence-electron chi connectivity index (χ0n) is 35.0. The fraction of sp³-hybridized carbons (Fsp3) is 0.0517. The Morgan fingerprint density at radius 1 is 0.422 bits per heavy atom. The van der Waals surface area contributed by atoms with Crippen molar-refractivity contribution in [2.75, 3.05) is 0 Å². The van der Waals surface area contributed by atoms with E-state index in [1.54, 1.807) is 0 Å². The molecule has 64 heavy (non-hydrogen) atoms. The molecule has 0 bridgehead atoms. The van der Waals surface area contributed by atoms with E-state index in [1.807, 2.05) is 67.1 Å². The van der Waals surface area contributed by atoms with Crippen molar-refractivity contribution in [2.45, 2.75) is 19.3 Å². The first-order chi connectivity index (χ1) is 30.0. The summed E-state index contributed by atoms with van der Waals surface area (Å²) < 4.78 is 0. The Kier molecular flexibility index (Phi) is 14.7. The van der Waals surface area contributed by atoms with E-state index in [0.29, 0.717) is 0 Å². The number of hydrogen-bond acceptors (Lipinski definition) is 3. The molecule has 0 fully saturated rings. The second kappa shape index (κ2) is 20.4. The second-order valence-electron chi connectivity index (χ2n) is 15.7. The molecule has 8 aromatic carbocycles. The molecule has 0 spiro atoms. The van der Waals surface area contributed by atoms with Crippen LogP contribution in [0.1, 0.15) is 25.0 Å². The topological polar surface area (TPSA) is 38.7 Å². The largest absolute Gasteiger partial charge is 0.304 e. The Balaban J connectivity index is 0.000000141. The van der Waals surface area contributed by atoms with E-state index >= 15 is 0 Å². The molecule has 317 valence electrons. The van der Waals surface area contributed by atoms with Crippen molar-refractivity contribution in [3.05, 3.63) is 236 Å². The molecular formula is C58H40Ir3N3-3. The van der Waals surface area contributed by atoms with Gasteiger partial charge in [-0.3, -0.25) is 0 Å². The van der Waals surface area contributed by atoms with Crippen LogP contribution >= 0.6 is 0 Å². The van der Waals surface area contributed by atoms with E-state index in [9.17, 15) is 0 Å². The third kappa shape index (κ3) is 8.97. The van der Waals surface area contributed by atoms with E-state index < -0.39 is 0 Å². The van der Waals surface area contributed by atoms with Gasteiger partial charge in [-0.2, -0.15) is 0 Å². The van der Waals surface area contributed by atoms with Crippen LogP contribution in [-0.2, 0) is 65.7 Å². The Hall–Kier alpha value is -5.80. The van der Waals surface area contributed by atoms with Crippen LogP contribution in [0, 0.1) is 18.2 Å². The van der Waals surface area contributed by atoms with Gasteiger partial charge < -0.3 is 15.0 Å². The zero-order chi connectivity index (χ0) is 41.2. The van der Waals surface area contributed by atoms with Gasteiger partial charge in [-0.15, -0.1) is 100 Å². The molecule has 0 saturated heterocycles. The summed E-state index contributed by atoms with van der Waals surface area (Å²) in [5.74, 6) is 0. The van der Waals surface area contributed by atoms with E-state index in [2.05, 4.69) is 182 Å². The van der Waals surface area contributed by atoms with Crippen LogP contribution in [0.3, 0.4) is 0 Å². The van der Waals surface area contributed by atoms with Gasteiger partial charge in [-0.1, -0.05) is 141 Å². The average molecular weight is 1360 g/mol. The zero-order valence-corrected chi connectivity index (χ0v) is 42.2. The van der Waals surface area contributed by atoms with Crippen LogP contribution in [0.4, 0.5) is 0 Å². The first-order valence-corrected chi connectivity index (χ1v) is 20.6. The maximum absolute atomic E-state index is 4.72. The van der Waals surface area contributed by atoms with Crippen LogP contribution in [0.5, 0.6) is 0 Å². The molecule has 12 rings (SSSR count). The Morgan fingerprint density at radius 3 is 1.81 bits per heavy atom. The van der Waals surface area contributed by atoms with Crippen molar-refractivity contribution < 1.29 is 60.3 Å². The number of hydrogen-bond donors (Lipinski definition) is 0. The molecule has 3 heterocycles. The second-order valence-corrected chi connectivity index (χ2v) is 15.7. The number of aromatic nitrogens is 3. The molecule has 11 aromatic rings. The van der Waals surface area contributed by atoms with Gasteiger partial charge in [0.25, 0.3) is 0 Å². The molecule has 0 saturated carbocycles. The van der Waals surface area contributed by atoms with Gasteiger partial charge in [0.2, 0.25) is 0 Å². The standard InChI is InChI=1S/C21H14N.C19H12N.C18H14N.3Ir/c1-3-9-16(10-4-1)20-15-22-21(17-11-5-2-6-12-17)19-14-8-7-13-18(19)20;1-2-7-16-13-17(10-9-14(16)5-1)19-18-8-4-3-6-15(18)11-12-20-19;1-18(2)14-8-4-3-7-13(14)17-16-12(10-11-19-17)6-5-9-15(16)18;;;/h1-11,13-15H;1-9,11-13H;3-6,8-11H,1-2H3;;;/q3*-1;;;. The van der Waals surface area contributed by atoms with Crippen LogP contribution in [0.15, 0.2) is 207 Å². The third-order valence-electron chi connectivity index (χ3n) is 11.7. The van der Waals surface area contributed by atoms with Gasteiger partial charge in [0.1, 0.15) is 0 Å². The van der Waals surface area contributed by atoms with Crippen molar-refractivity contribution in [3.63, 3.8) is 0 Å². The third-order valence-corrected chi connectivity index (χ3v) is 11.7. The molecule has 3 aromatic heterocycles. The monoisotopic (exact) mass is 1360 g/mol. The summed E-state index contributed by atoms with van der Waals surface area (Å²) in [4.78, 5) is 13.9. The smallest absolute Gasteiger partial charge is 0.0245 e. The van der Waals surface area contributed by atoms with Crippen LogP contribution in [0.25, 0.3) is 88.0 Å². The van der Waals surface area contributed by atoms with Gasteiger partial charge in [0.15, 0.2) is 0 Å².